The molecule has 21 heavy (non-hydrogen) atoms. The van der Waals surface area contributed by atoms with Gasteiger partial charge in [0.2, 0.25) is 0 Å². The minimum absolute atomic E-state index is 0.123. The number of rotatable bonds is 1. The van der Waals surface area contributed by atoms with Gasteiger partial charge in [-0.2, -0.15) is 0 Å². The summed E-state index contributed by atoms with van der Waals surface area (Å²) in [7, 11) is 0. The lowest BCUT2D eigenvalue weighted by molar-refractivity contribution is 0.283. The molecule has 0 fully saturated rings. The van der Waals surface area contributed by atoms with Gasteiger partial charge in [-0.05, 0) is 62.2 Å². The lowest BCUT2D eigenvalue weighted by Crippen LogP contribution is -2.32. The van der Waals surface area contributed by atoms with Crippen molar-refractivity contribution in [3.63, 3.8) is 0 Å². The SMILES string of the molecule is Cc1cc(C)cc(NC2=Nc3cc(N)ccc3OC2C)c1. The summed E-state index contributed by atoms with van der Waals surface area (Å²) < 4.78 is 5.88. The van der Waals surface area contributed by atoms with E-state index in [4.69, 9.17) is 10.5 Å². The summed E-state index contributed by atoms with van der Waals surface area (Å²) in [5.74, 6) is 1.56. The van der Waals surface area contributed by atoms with Crippen molar-refractivity contribution in [1.29, 1.82) is 0 Å². The molecule has 1 unspecified atom stereocenters. The van der Waals surface area contributed by atoms with E-state index in [2.05, 4.69) is 42.4 Å². The van der Waals surface area contributed by atoms with Gasteiger partial charge >= 0.3 is 0 Å². The predicted octanol–water partition coefficient (Wildman–Crippen LogP) is 3.81. The molecule has 3 rings (SSSR count). The molecule has 2 aromatic carbocycles. The van der Waals surface area contributed by atoms with Crippen LogP contribution in [-0.4, -0.2) is 11.9 Å². The zero-order chi connectivity index (χ0) is 15.0. The van der Waals surface area contributed by atoms with E-state index in [-0.39, 0.29) is 6.10 Å². The number of amidine groups is 1. The van der Waals surface area contributed by atoms with Crippen molar-refractivity contribution in [3.8, 4) is 5.75 Å². The maximum absolute atomic E-state index is 5.88. The maximum atomic E-state index is 5.88. The zero-order valence-corrected chi connectivity index (χ0v) is 12.5. The molecule has 0 saturated carbocycles. The number of fused-ring (bicyclic) bond motifs is 1. The van der Waals surface area contributed by atoms with E-state index in [0.717, 1.165) is 23.0 Å². The number of hydrogen-bond donors (Lipinski definition) is 2. The van der Waals surface area contributed by atoms with E-state index in [1.54, 1.807) is 0 Å². The van der Waals surface area contributed by atoms with E-state index in [1.807, 2.05) is 25.1 Å². The number of aryl methyl sites for hydroxylation is 2. The molecule has 4 nitrogen and oxygen atoms in total. The molecule has 0 amide bonds. The first-order valence-corrected chi connectivity index (χ1v) is 7.01. The van der Waals surface area contributed by atoms with Gasteiger partial charge < -0.3 is 15.8 Å². The molecule has 1 aliphatic rings. The van der Waals surface area contributed by atoms with Crippen molar-refractivity contribution in [2.75, 3.05) is 11.1 Å². The lowest BCUT2D eigenvalue weighted by Gasteiger charge is -2.24. The van der Waals surface area contributed by atoms with Gasteiger partial charge in [0.15, 0.2) is 6.10 Å². The first-order valence-electron chi connectivity index (χ1n) is 7.01. The summed E-state index contributed by atoms with van der Waals surface area (Å²) in [6, 6.07) is 11.8. The van der Waals surface area contributed by atoms with E-state index in [1.165, 1.54) is 11.1 Å². The van der Waals surface area contributed by atoms with Gasteiger partial charge in [-0.15, -0.1) is 0 Å². The number of nitrogen functional groups attached to an aromatic ring is 1. The second kappa shape index (κ2) is 5.13. The highest BCUT2D eigenvalue weighted by molar-refractivity contribution is 6.01. The Morgan fingerprint density at radius 3 is 2.52 bits per heavy atom. The Balaban J connectivity index is 1.94. The van der Waals surface area contributed by atoms with Gasteiger partial charge in [-0.25, -0.2) is 4.99 Å². The number of aliphatic imine (C=N–C) groups is 1. The Morgan fingerprint density at radius 2 is 1.81 bits per heavy atom. The van der Waals surface area contributed by atoms with Gasteiger partial charge in [0.1, 0.15) is 17.3 Å². The second-order valence-electron chi connectivity index (χ2n) is 5.49. The molecule has 0 aliphatic carbocycles. The fraction of sp³-hybridized carbons (Fsp3) is 0.235. The molecule has 108 valence electrons. The van der Waals surface area contributed by atoms with Gasteiger partial charge in [0, 0.05) is 11.4 Å². The molecule has 3 N–H and O–H groups in total. The Morgan fingerprint density at radius 1 is 1.10 bits per heavy atom. The van der Waals surface area contributed by atoms with Gasteiger partial charge in [-0.1, -0.05) is 6.07 Å². The number of nitrogens with one attached hydrogen (secondary N) is 1. The number of benzene rings is 2. The third kappa shape index (κ3) is 2.84. The number of anilines is 2. The third-order valence-corrected chi connectivity index (χ3v) is 3.41. The van der Waals surface area contributed by atoms with Gasteiger partial charge in [0.05, 0.1) is 0 Å². The standard InChI is InChI=1S/C17H19N3O/c1-10-6-11(2)8-14(7-10)19-17-12(3)21-16-5-4-13(18)9-15(16)20-17/h4-9,12H,18H2,1-3H3,(H,19,20). The van der Waals surface area contributed by atoms with Crippen molar-refractivity contribution in [3.05, 3.63) is 47.5 Å². The van der Waals surface area contributed by atoms with Crippen molar-refractivity contribution < 1.29 is 4.74 Å². The van der Waals surface area contributed by atoms with E-state index in [0.29, 0.717) is 5.69 Å². The third-order valence-electron chi connectivity index (χ3n) is 3.41. The van der Waals surface area contributed by atoms with Crippen molar-refractivity contribution in [2.24, 2.45) is 4.99 Å². The Hall–Kier alpha value is -2.49. The van der Waals surface area contributed by atoms with Crippen LogP contribution in [0.4, 0.5) is 17.1 Å². The largest absolute Gasteiger partial charge is 0.481 e. The van der Waals surface area contributed by atoms with Crippen molar-refractivity contribution >= 4 is 22.9 Å². The van der Waals surface area contributed by atoms with Crippen LogP contribution in [-0.2, 0) is 0 Å². The normalized spacial score (nSPS) is 16.7. The lowest BCUT2D eigenvalue weighted by atomic mass is 10.1. The maximum Gasteiger partial charge on any atom is 0.153 e. The Kier molecular flexibility index (Phi) is 3.29. The summed E-state index contributed by atoms with van der Waals surface area (Å²) >= 11 is 0. The van der Waals surface area contributed by atoms with Crippen LogP contribution in [0.25, 0.3) is 0 Å². The van der Waals surface area contributed by atoms with Crippen LogP contribution in [0.3, 0.4) is 0 Å². The van der Waals surface area contributed by atoms with Crippen LogP contribution in [0.15, 0.2) is 41.4 Å². The quantitative estimate of drug-likeness (QED) is 0.781. The van der Waals surface area contributed by atoms with Crippen LogP contribution in [0.5, 0.6) is 5.75 Å². The first kappa shape index (κ1) is 13.5. The van der Waals surface area contributed by atoms with Crippen LogP contribution in [0.1, 0.15) is 18.1 Å². The topological polar surface area (TPSA) is 59.6 Å². The molecule has 1 atom stereocenters. The van der Waals surface area contributed by atoms with E-state index in [9.17, 15) is 0 Å². The number of hydrogen-bond acceptors (Lipinski definition) is 4. The van der Waals surface area contributed by atoms with E-state index >= 15 is 0 Å². The van der Waals surface area contributed by atoms with Crippen molar-refractivity contribution in [1.82, 2.24) is 0 Å². The first-order chi connectivity index (χ1) is 10.0. The highest BCUT2D eigenvalue weighted by Crippen LogP contribution is 2.34. The van der Waals surface area contributed by atoms with Gasteiger partial charge in [0.25, 0.3) is 0 Å². The average molecular weight is 281 g/mol. The number of nitrogens with zero attached hydrogens (tertiary/aromatic N) is 1. The smallest absolute Gasteiger partial charge is 0.153 e. The fourth-order valence-electron chi connectivity index (χ4n) is 2.51. The second-order valence-corrected chi connectivity index (χ2v) is 5.49. The minimum Gasteiger partial charge on any atom is -0.481 e. The Labute approximate surface area is 124 Å². The number of ether oxygens (including phenoxy) is 1. The van der Waals surface area contributed by atoms with Crippen LogP contribution in [0.2, 0.25) is 0 Å². The molecule has 0 radical (unpaired) electrons. The molecular formula is C17H19N3O. The summed E-state index contributed by atoms with van der Waals surface area (Å²) in [5, 5.41) is 3.36. The molecule has 1 heterocycles. The fourth-order valence-corrected chi connectivity index (χ4v) is 2.51. The molecule has 1 aliphatic heterocycles. The number of nitrogens with two attached hydrogens (primary N) is 1. The molecule has 0 spiro atoms. The molecule has 4 heteroatoms. The van der Waals surface area contributed by atoms with Crippen LogP contribution < -0.4 is 15.8 Å². The van der Waals surface area contributed by atoms with Crippen LogP contribution in [0, 0.1) is 13.8 Å². The zero-order valence-electron chi connectivity index (χ0n) is 12.5. The Bertz CT molecular complexity index is 702. The summed E-state index contributed by atoms with van der Waals surface area (Å²) in [5.41, 5.74) is 10.7. The van der Waals surface area contributed by atoms with Crippen molar-refractivity contribution in [2.45, 2.75) is 26.9 Å². The minimum atomic E-state index is -0.123. The molecule has 2 aromatic rings. The summed E-state index contributed by atoms with van der Waals surface area (Å²) in [6.07, 6.45) is -0.123. The molecule has 0 aromatic heterocycles. The molecule has 0 saturated heterocycles. The average Bonchev–Trinajstić information content (AvgIpc) is 2.39. The highest BCUT2D eigenvalue weighted by atomic mass is 16.5. The highest BCUT2D eigenvalue weighted by Gasteiger charge is 2.20. The van der Waals surface area contributed by atoms with Crippen LogP contribution >= 0.6 is 0 Å². The summed E-state index contributed by atoms with van der Waals surface area (Å²) in [6.45, 7) is 6.14. The molecule has 0 bridgehead atoms. The predicted molar refractivity (Wildman–Crippen MR) is 87.6 cm³/mol. The summed E-state index contributed by atoms with van der Waals surface area (Å²) in [4.78, 5) is 4.64. The van der Waals surface area contributed by atoms with E-state index < -0.39 is 0 Å². The van der Waals surface area contributed by atoms with Gasteiger partial charge in [-0.3, -0.25) is 0 Å². The monoisotopic (exact) mass is 281 g/mol. The molecular weight excluding hydrogens is 262 g/mol.